The first kappa shape index (κ1) is 8.91. The summed E-state index contributed by atoms with van der Waals surface area (Å²) in [5, 5.41) is 3.88. The molecule has 1 aliphatic rings. The predicted molar refractivity (Wildman–Crippen MR) is 52.2 cm³/mol. The molecule has 3 heteroatoms. The van der Waals surface area contributed by atoms with E-state index in [0.29, 0.717) is 5.78 Å². The summed E-state index contributed by atoms with van der Waals surface area (Å²) in [7, 11) is 0. The Kier molecular flexibility index (Phi) is 2.76. The van der Waals surface area contributed by atoms with E-state index < -0.39 is 0 Å². The van der Waals surface area contributed by atoms with E-state index in [4.69, 9.17) is 4.74 Å². The van der Waals surface area contributed by atoms with Crippen molar-refractivity contribution >= 4 is 17.1 Å². The zero-order chi connectivity index (χ0) is 9.10. The highest BCUT2D eigenvalue weighted by molar-refractivity contribution is 7.08. The third-order valence-electron chi connectivity index (χ3n) is 2.40. The number of rotatable bonds is 2. The molecule has 1 saturated heterocycles. The van der Waals surface area contributed by atoms with E-state index in [9.17, 15) is 4.79 Å². The molecule has 0 aromatic carbocycles. The van der Waals surface area contributed by atoms with Crippen molar-refractivity contribution in [2.24, 2.45) is 5.92 Å². The molecule has 0 unspecified atom stereocenters. The van der Waals surface area contributed by atoms with Gasteiger partial charge in [-0.1, -0.05) is 0 Å². The Morgan fingerprint density at radius 2 is 2.23 bits per heavy atom. The second kappa shape index (κ2) is 4.03. The van der Waals surface area contributed by atoms with Crippen LogP contribution in [0.25, 0.3) is 0 Å². The van der Waals surface area contributed by atoms with Gasteiger partial charge in [0.15, 0.2) is 5.78 Å². The Morgan fingerprint density at radius 3 is 2.85 bits per heavy atom. The molecule has 0 amide bonds. The van der Waals surface area contributed by atoms with Gasteiger partial charge in [-0.15, -0.1) is 0 Å². The maximum Gasteiger partial charge on any atom is 0.166 e. The van der Waals surface area contributed by atoms with Crippen LogP contribution < -0.4 is 0 Å². The summed E-state index contributed by atoms with van der Waals surface area (Å²) < 4.78 is 5.22. The first-order valence-corrected chi connectivity index (χ1v) is 5.46. The highest BCUT2D eigenvalue weighted by Crippen LogP contribution is 2.21. The van der Waals surface area contributed by atoms with Crippen LogP contribution in [0.5, 0.6) is 0 Å². The summed E-state index contributed by atoms with van der Waals surface area (Å²) >= 11 is 1.58. The van der Waals surface area contributed by atoms with Crippen molar-refractivity contribution < 1.29 is 9.53 Å². The number of hydrogen-bond donors (Lipinski definition) is 0. The summed E-state index contributed by atoms with van der Waals surface area (Å²) in [5.41, 5.74) is 0.872. The molecule has 0 bridgehead atoms. The average Bonchev–Trinajstić information content (AvgIpc) is 2.71. The molecule has 2 heterocycles. The van der Waals surface area contributed by atoms with Crippen molar-refractivity contribution in [1.82, 2.24) is 0 Å². The number of hydrogen-bond acceptors (Lipinski definition) is 3. The molecule has 1 aliphatic heterocycles. The van der Waals surface area contributed by atoms with Gasteiger partial charge < -0.3 is 4.74 Å². The lowest BCUT2D eigenvalue weighted by atomic mass is 9.92. The maximum absolute atomic E-state index is 11.8. The van der Waals surface area contributed by atoms with Crippen molar-refractivity contribution in [2.75, 3.05) is 13.2 Å². The smallest absolute Gasteiger partial charge is 0.166 e. The minimum Gasteiger partial charge on any atom is -0.381 e. The first-order chi connectivity index (χ1) is 6.38. The molecule has 0 N–H and O–H groups in total. The monoisotopic (exact) mass is 196 g/mol. The van der Waals surface area contributed by atoms with Gasteiger partial charge in [0.25, 0.3) is 0 Å². The normalized spacial score (nSPS) is 18.8. The van der Waals surface area contributed by atoms with Gasteiger partial charge in [-0.25, -0.2) is 0 Å². The van der Waals surface area contributed by atoms with Crippen LogP contribution in [0.1, 0.15) is 23.2 Å². The number of thiophene rings is 1. The molecule has 1 fully saturated rings. The molecule has 0 aliphatic carbocycles. The third-order valence-corrected chi connectivity index (χ3v) is 3.08. The molecular weight excluding hydrogens is 184 g/mol. The van der Waals surface area contributed by atoms with E-state index in [2.05, 4.69) is 0 Å². The van der Waals surface area contributed by atoms with E-state index in [1.807, 2.05) is 16.8 Å². The van der Waals surface area contributed by atoms with Crippen LogP contribution in [0.3, 0.4) is 0 Å². The van der Waals surface area contributed by atoms with Crippen LogP contribution >= 0.6 is 11.3 Å². The van der Waals surface area contributed by atoms with E-state index >= 15 is 0 Å². The zero-order valence-corrected chi connectivity index (χ0v) is 8.18. The molecule has 0 saturated carbocycles. The molecule has 1 aromatic heterocycles. The Labute approximate surface area is 81.5 Å². The fourth-order valence-electron chi connectivity index (χ4n) is 1.60. The number of carbonyl (C=O) groups is 1. The summed E-state index contributed by atoms with van der Waals surface area (Å²) in [6.45, 7) is 1.47. The molecule has 0 atom stereocenters. The van der Waals surface area contributed by atoms with Crippen molar-refractivity contribution in [2.45, 2.75) is 12.8 Å². The van der Waals surface area contributed by atoms with Gasteiger partial charge >= 0.3 is 0 Å². The highest BCUT2D eigenvalue weighted by atomic mass is 32.1. The Morgan fingerprint density at radius 1 is 1.46 bits per heavy atom. The Bertz CT molecular complexity index is 273. The molecule has 1 aromatic rings. The van der Waals surface area contributed by atoms with Crippen LogP contribution in [-0.4, -0.2) is 19.0 Å². The Balaban J connectivity index is 2.04. The fourth-order valence-corrected chi connectivity index (χ4v) is 2.25. The van der Waals surface area contributed by atoms with Gasteiger partial charge in [0.2, 0.25) is 0 Å². The third kappa shape index (κ3) is 1.98. The molecule has 2 rings (SSSR count). The summed E-state index contributed by atoms with van der Waals surface area (Å²) in [5.74, 6) is 0.493. The average molecular weight is 196 g/mol. The number of ketones is 1. The molecule has 0 radical (unpaired) electrons. The maximum atomic E-state index is 11.8. The summed E-state index contributed by atoms with van der Waals surface area (Å²) in [6, 6.07) is 1.91. The highest BCUT2D eigenvalue weighted by Gasteiger charge is 2.22. The van der Waals surface area contributed by atoms with Crippen LogP contribution in [0.15, 0.2) is 16.8 Å². The minimum atomic E-state index is 0.198. The summed E-state index contributed by atoms with van der Waals surface area (Å²) in [6.07, 6.45) is 1.77. The molecule has 2 nitrogen and oxygen atoms in total. The summed E-state index contributed by atoms with van der Waals surface area (Å²) in [4.78, 5) is 11.8. The molecular formula is C10H12O2S. The van der Waals surface area contributed by atoms with E-state index in [1.165, 1.54) is 0 Å². The Hall–Kier alpha value is -0.670. The fraction of sp³-hybridized carbons (Fsp3) is 0.500. The topological polar surface area (TPSA) is 26.3 Å². The van der Waals surface area contributed by atoms with Crippen LogP contribution in [-0.2, 0) is 4.74 Å². The number of Topliss-reactive ketones (excluding diaryl/α,β-unsaturated/α-hetero) is 1. The van der Waals surface area contributed by atoms with E-state index in [-0.39, 0.29) is 5.92 Å². The van der Waals surface area contributed by atoms with Crippen LogP contribution in [0.2, 0.25) is 0 Å². The number of ether oxygens (including phenoxy) is 1. The van der Waals surface area contributed by atoms with Gasteiger partial charge in [0.05, 0.1) is 0 Å². The second-order valence-corrected chi connectivity index (χ2v) is 4.04. The van der Waals surface area contributed by atoms with Crippen molar-refractivity contribution in [3.63, 3.8) is 0 Å². The second-order valence-electron chi connectivity index (χ2n) is 3.26. The molecule has 70 valence electrons. The van der Waals surface area contributed by atoms with Crippen molar-refractivity contribution in [3.8, 4) is 0 Å². The lowest BCUT2D eigenvalue weighted by Gasteiger charge is -2.20. The van der Waals surface area contributed by atoms with Gasteiger partial charge in [-0.2, -0.15) is 11.3 Å². The van der Waals surface area contributed by atoms with Crippen LogP contribution in [0, 0.1) is 5.92 Å². The zero-order valence-electron chi connectivity index (χ0n) is 7.36. The lowest BCUT2D eigenvalue weighted by Crippen LogP contribution is -2.23. The van der Waals surface area contributed by atoms with Gasteiger partial charge in [-0.3, -0.25) is 4.79 Å². The van der Waals surface area contributed by atoms with Crippen molar-refractivity contribution in [3.05, 3.63) is 22.4 Å². The van der Waals surface area contributed by atoms with Crippen LogP contribution in [0.4, 0.5) is 0 Å². The van der Waals surface area contributed by atoms with E-state index in [0.717, 1.165) is 31.6 Å². The van der Waals surface area contributed by atoms with Gasteiger partial charge in [0, 0.05) is 30.1 Å². The standard InChI is InChI=1S/C10H12O2S/c11-10(9-3-6-13-7-9)8-1-4-12-5-2-8/h3,6-8H,1-2,4-5H2. The number of carbonyl (C=O) groups excluding carboxylic acids is 1. The van der Waals surface area contributed by atoms with E-state index in [1.54, 1.807) is 11.3 Å². The molecule has 0 spiro atoms. The quantitative estimate of drug-likeness (QED) is 0.679. The molecule has 13 heavy (non-hydrogen) atoms. The van der Waals surface area contributed by atoms with Gasteiger partial charge in [-0.05, 0) is 24.3 Å². The van der Waals surface area contributed by atoms with Gasteiger partial charge in [0.1, 0.15) is 0 Å². The lowest BCUT2D eigenvalue weighted by molar-refractivity contribution is 0.0545. The first-order valence-electron chi connectivity index (χ1n) is 4.52. The predicted octanol–water partition coefficient (Wildman–Crippen LogP) is 2.36. The largest absolute Gasteiger partial charge is 0.381 e. The van der Waals surface area contributed by atoms with Crippen molar-refractivity contribution in [1.29, 1.82) is 0 Å². The minimum absolute atomic E-state index is 0.198. The SMILES string of the molecule is O=C(c1ccsc1)C1CCOCC1.